The molecule has 0 radical (unpaired) electrons. The normalized spacial score (nSPS) is 16.8. The van der Waals surface area contributed by atoms with E-state index < -0.39 is 23.8 Å². The van der Waals surface area contributed by atoms with Crippen molar-refractivity contribution in [3.63, 3.8) is 0 Å². The molecule has 1 aromatic carbocycles. The Morgan fingerprint density at radius 2 is 2.00 bits per heavy atom. The van der Waals surface area contributed by atoms with Crippen LogP contribution in [0.2, 0.25) is 0 Å². The summed E-state index contributed by atoms with van der Waals surface area (Å²) >= 11 is 0. The van der Waals surface area contributed by atoms with E-state index >= 15 is 0 Å². The highest BCUT2D eigenvalue weighted by Crippen LogP contribution is 2.32. The number of benzene rings is 1. The van der Waals surface area contributed by atoms with Gasteiger partial charge in [-0.1, -0.05) is 18.2 Å². The highest BCUT2D eigenvalue weighted by atomic mass is 19.3. The molecule has 0 bridgehead atoms. The van der Waals surface area contributed by atoms with Crippen LogP contribution < -0.4 is 10.2 Å². The Kier molecular flexibility index (Phi) is 6.58. The molecule has 1 aliphatic rings. The van der Waals surface area contributed by atoms with Gasteiger partial charge in [-0.3, -0.25) is 4.79 Å². The average molecular weight is 473 g/mol. The number of anilines is 2. The van der Waals surface area contributed by atoms with Gasteiger partial charge in [0.15, 0.2) is 0 Å². The van der Waals surface area contributed by atoms with E-state index in [0.717, 1.165) is 24.8 Å². The molecule has 34 heavy (non-hydrogen) atoms. The zero-order chi connectivity index (χ0) is 24.6. The zero-order valence-corrected chi connectivity index (χ0v) is 19.5. The maximum absolute atomic E-state index is 14.7. The third-order valence-corrected chi connectivity index (χ3v) is 6.32. The van der Waals surface area contributed by atoms with Crippen LogP contribution in [0.3, 0.4) is 0 Å². The number of nitrogens with one attached hydrogen (secondary N) is 1. The van der Waals surface area contributed by atoms with Crippen molar-refractivity contribution in [2.24, 2.45) is 0 Å². The molecule has 1 unspecified atom stereocenters. The molecule has 0 saturated carbocycles. The number of nitrogens with zero attached hydrogens (tertiary/aromatic N) is 5. The number of fused-ring (bicyclic) bond motifs is 1. The first-order valence-electron chi connectivity index (χ1n) is 11.1. The molecule has 1 amide bonds. The summed E-state index contributed by atoms with van der Waals surface area (Å²) in [6, 6.07) is 5.35. The first-order chi connectivity index (χ1) is 16.2. The number of hydrogen-bond acceptors (Lipinski definition) is 6. The summed E-state index contributed by atoms with van der Waals surface area (Å²) in [6.45, 7) is 6.39. The Bertz CT molecular complexity index is 1220. The number of hydrogen-bond donors (Lipinski definition) is 1. The van der Waals surface area contributed by atoms with Gasteiger partial charge in [0.05, 0.1) is 29.4 Å². The van der Waals surface area contributed by atoms with Crippen LogP contribution in [-0.2, 0) is 4.79 Å². The summed E-state index contributed by atoms with van der Waals surface area (Å²) < 4.78 is 41.0. The van der Waals surface area contributed by atoms with Gasteiger partial charge < -0.3 is 15.1 Å². The van der Waals surface area contributed by atoms with Crippen LogP contribution in [0.1, 0.15) is 49.7 Å². The highest BCUT2D eigenvalue weighted by molar-refractivity contribution is 5.90. The Morgan fingerprint density at radius 3 is 2.71 bits per heavy atom. The monoisotopic (exact) mass is 472 g/mol. The summed E-state index contributed by atoms with van der Waals surface area (Å²) in [5.41, 5.74) is 0.121. The van der Waals surface area contributed by atoms with Crippen molar-refractivity contribution < 1.29 is 18.0 Å². The molecule has 1 aliphatic heterocycles. The lowest BCUT2D eigenvalue weighted by molar-refractivity contribution is -0.129. The van der Waals surface area contributed by atoms with E-state index in [1.807, 2.05) is 6.07 Å². The van der Waals surface area contributed by atoms with Crippen molar-refractivity contribution in [2.45, 2.75) is 45.7 Å². The van der Waals surface area contributed by atoms with Crippen molar-refractivity contribution in [3.05, 3.63) is 53.2 Å². The second kappa shape index (κ2) is 9.44. The summed E-state index contributed by atoms with van der Waals surface area (Å²) in [5.74, 6) is 0.791. The highest BCUT2D eigenvalue weighted by Gasteiger charge is 2.28. The predicted octanol–water partition coefficient (Wildman–Crippen LogP) is 4.64. The summed E-state index contributed by atoms with van der Waals surface area (Å²) in [7, 11) is 1.80. The van der Waals surface area contributed by atoms with Crippen molar-refractivity contribution in [2.75, 3.05) is 30.4 Å². The van der Waals surface area contributed by atoms with Crippen LogP contribution in [-0.4, -0.2) is 51.9 Å². The van der Waals surface area contributed by atoms with Crippen molar-refractivity contribution >= 4 is 28.4 Å². The van der Waals surface area contributed by atoms with E-state index in [4.69, 9.17) is 0 Å². The topological polar surface area (TPSA) is 74.2 Å². The first-order valence-corrected chi connectivity index (χ1v) is 11.1. The lowest BCUT2D eigenvalue weighted by Gasteiger charge is -2.24. The molecule has 4 rings (SSSR count). The molecule has 2 aromatic heterocycles. The molecule has 0 aliphatic carbocycles. The second-order valence-corrected chi connectivity index (χ2v) is 8.61. The van der Waals surface area contributed by atoms with Gasteiger partial charge in [-0.15, -0.1) is 0 Å². The van der Waals surface area contributed by atoms with E-state index in [9.17, 15) is 18.0 Å². The number of alkyl halides is 2. The lowest BCUT2D eigenvalue weighted by atomic mass is 10.0. The number of carbonyl (C=O) groups is 1. The van der Waals surface area contributed by atoms with Crippen LogP contribution in [0.15, 0.2) is 30.5 Å². The standard InChI is InChI=1S/C24H27F3N6O/c1-13(17-6-5-7-18(22(17)25)23(26)27)29-24-19-10-21(28-11-20(19)30-14(2)31-24)33-9-8-16(12-33)32(4)15(3)34/h5-7,10-11,13,16,23H,8-9,12H2,1-4H3,(H,29,30,31)/t13-,16?/m1/s1. The zero-order valence-electron chi connectivity index (χ0n) is 19.5. The van der Waals surface area contributed by atoms with E-state index in [0.29, 0.717) is 29.1 Å². The molecule has 180 valence electrons. The number of pyridine rings is 1. The second-order valence-electron chi connectivity index (χ2n) is 8.61. The lowest BCUT2D eigenvalue weighted by Crippen LogP contribution is -2.37. The number of halogens is 3. The number of aryl methyl sites for hydroxylation is 1. The molecule has 1 saturated heterocycles. The number of rotatable bonds is 6. The Hall–Kier alpha value is -3.43. The van der Waals surface area contributed by atoms with E-state index in [1.54, 1.807) is 38.9 Å². The minimum Gasteiger partial charge on any atom is -0.363 e. The van der Waals surface area contributed by atoms with Gasteiger partial charge in [-0.05, 0) is 26.3 Å². The molecule has 1 N–H and O–H groups in total. The minimum absolute atomic E-state index is 0.0193. The molecule has 0 spiro atoms. The van der Waals surface area contributed by atoms with Crippen LogP contribution in [0.5, 0.6) is 0 Å². The van der Waals surface area contributed by atoms with Crippen molar-refractivity contribution in [3.8, 4) is 0 Å². The summed E-state index contributed by atoms with van der Waals surface area (Å²) in [4.78, 5) is 29.1. The van der Waals surface area contributed by atoms with Crippen molar-refractivity contribution in [1.82, 2.24) is 19.9 Å². The molecule has 3 heterocycles. The number of carbonyl (C=O) groups excluding carboxylic acids is 1. The SMILES string of the molecule is CC(=O)N(C)C1CCN(c2cc3c(N[C@H](C)c4cccc(C(F)F)c4F)nc(C)nc3cn2)C1. The summed E-state index contributed by atoms with van der Waals surface area (Å²) in [6.07, 6.45) is -0.397. The van der Waals surface area contributed by atoms with Crippen LogP contribution in [0.25, 0.3) is 10.9 Å². The smallest absolute Gasteiger partial charge is 0.266 e. The molecule has 3 aromatic rings. The molecule has 1 fully saturated rings. The van der Waals surface area contributed by atoms with E-state index in [-0.39, 0.29) is 17.5 Å². The number of amides is 1. The van der Waals surface area contributed by atoms with Gasteiger partial charge in [0, 0.05) is 38.0 Å². The first kappa shape index (κ1) is 23.7. The van der Waals surface area contributed by atoms with Crippen LogP contribution in [0.4, 0.5) is 24.8 Å². The van der Waals surface area contributed by atoms with Crippen LogP contribution >= 0.6 is 0 Å². The van der Waals surface area contributed by atoms with Crippen LogP contribution in [0, 0.1) is 12.7 Å². The molecule has 10 heteroatoms. The van der Waals surface area contributed by atoms with Gasteiger partial charge in [0.2, 0.25) is 5.91 Å². The van der Waals surface area contributed by atoms with E-state index in [2.05, 4.69) is 25.2 Å². The third kappa shape index (κ3) is 4.62. The number of likely N-dealkylation sites (N-methyl/N-ethyl adjacent to an activating group) is 1. The Balaban J connectivity index is 1.65. The van der Waals surface area contributed by atoms with E-state index in [1.165, 1.54) is 12.1 Å². The maximum Gasteiger partial charge on any atom is 0.266 e. The van der Waals surface area contributed by atoms with Gasteiger partial charge in [-0.25, -0.2) is 28.1 Å². The molecule has 2 atom stereocenters. The van der Waals surface area contributed by atoms with Gasteiger partial charge >= 0.3 is 0 Å². The largest absolute Gasteiger partial charge is 0.363 e. The fourth-order valence-electron chi connectivity index (χ4n) is 4.30. The molecular formula is C24H27F3N6O. The van der Waals surface area contributed by atoms with Crippen molar-refractivity contribution in [1.29, 1.82) is 0 Å². The number of aromatic nitrogens is 3. The Morgan fingerprint density at radius 1 is 1.26 bits per heavy atom. The summed E-state index contributed by atoms with van der Waals surface area (Å²) in [5, 5.41) is 3.86. The van der Waals surface area contributed by atoms with Gasteiger partial charge in [0.1, 0.15) is 23.3 Å². The maximum atomic E-state index is 14.7. The fraction of sp³-hybridized carbons (Fsp3) is 0.417. The molecular weight excluding hydrogens is 445 g/mol. The fourth-order valence-corrected chi connectivity index (χ4v) is 4.30. The quantitative estimate of drug-likeness (QED) is 0.564. The van der Waals surface area contributed by atoms with Gasteiger partial charge in [0.25, 0.3) is 6.43 Å². The third-order valence-electron chi connectivity index (χ3n) is 6.32. The van der Waals surface area contributed by atoms with Gasteiger partial charge in [-0.2, -0.15) is 0 Å². The minimum atomic E-state index is -2.89. The molecule has 7 nitrogen and oxygen atoms in total. The predicted molar refractivity (Wildman–Crippen MR) is 125 cm³/mol. The average Bonchev–Trinajstić information content (AvgIpc) is 3.28. The Labute approximate surface area is 196 Å².